The molecule has 0 spiro atoms. The summed E-state index contributed by atoms with van der Waals surface area (Å²) >= 11 is 0. The van der Waals surface area contributed by atoms with Crippen LogP contribution in [0.5, 0.6) is 0 Å². The van der Waals surface area contributed by atoms with Crippen molar-refractivity contribution in [1.29, 1.82) is 0 Å². The highest BCUT2D eigenvalue weighted by molar-refractivity contribution is 5.88. The highest BCUT2D eigenvalue weighted by Gasteiger charge is 2.31. The van der Waals surface area contributed by atoms with Gasteiger partial charge in [0.1, 0.15) is 6.04 Å². The van der Waals surface area contributed by atoms with Crippen LogP contribution in [0.3, 0.4) is 0 Å². The zero-order valence-electron chi connectivity index (χ0n) is 11.1. The maximum absolute atomic E-state index is 11.7. The molecule has 0 saturated carbocycles. The Balaban J connectivity index is 2.37. The van der Waals surface area contributed by atoms with Crippen LogP contribution in [0.4, 0.5) is 0 Å². The fraction of sp³-hybridized carbons (Fsp3) is 0.833. The molecule has 1 saturated heterocycles. The summed E-state index contributed by atoms with van der Waals surface area (Å²) in [6.07, 6.45) is -0.215. The number of aliphatic hydroxyl groups excluding tert-OH is 1. The van der Waals surface area contributed by atoms with Crippen LogP contribution in [0.25, 0.3) is 0 Å². The summed E-state index contributed by atoms with van der Waals surface area (Å²) in [6, 6.07) is -1.19. The van der Waals surface area contributed by atoms with E-state index in [9.17, 15) is 14.7 Å². The maximum atomic E-state index is 11.7. The molecule has 1 rings (SSSR count). The van der Waals surface area contributed by atoms with Crippen LogP contribution < -0.4 is 11.1 Å². The van der Waals surface area contributed by atoms with Gasteiger partial charge >= 0.3 is 5.97 Å². The van der Waals surface area contributed by atoms with Gasteiger partial charge in [0.2, 0.25) is 0 Å². The number of hydrogen-bond acceptors (Lipinski definition) is 6. The number of nitrogens with one attached hydrogen (secondary N) is 1. The van der Waals surface area contributed by atoms with Crippen LogP contribution in [0, 0.1) is 5.41 Å². The smallest absolute Gasteiger partial charge is 0.323 e. The van der Waals surface area contributed by atoms with Crippen LogP contribution in [-0.2, 0) is 14.3 Å². The summed E-state index contributed by atoms with van der Waals surface area (Å²) in [6.45, 7) is 5.62. The minimum Gasteiger partial charge on any atom is -0.456 e. The second-order valence-corrected chi connectivity index (χ2v) is 5.77. The zero-order chi connectivity index (χ0) is 13.9. The molecule has 0 aromatic heterocycles. The van der Waals surface area contributed by atoms with E-state index in [-0.39, 0.29) is 17.8 Å². The number of β-amino-alcohol motifs (C(OH)–C–C–N with tert-alkyl or cyclic N) is 1. The zero-order valence-corrected chi connectivity index (χ0v) is 11.1. The number of Topliss-reactive ketones (excluding diaryl/α,β-unsaturated/α-hetero) is 1. The van der Waals surface area contributed by atoms with Crippen molar-refractivity contribution >= 4 is 11.8 Å². The van der Waals surface area contributed by atoms with E-state index in [1.54, 1.807) is 0 Å². The molecule has 6 heteroatoms. The number of carbonyl (C=O) groups is 2. The molecular formula is C12H22N2O4. The second kappa shape index (κ2) is 5.77. The maximum Gasteiger partial charge on any atom is 0.323 e. The van der Waals surface area contributed by atoms with Crippen LogP contribution in [0.15, 0.2) is 0 Å². The van der Waals surface area contributed by atoms with Crippen LogP contribution in [-0.4, -0.2) is 48.2 Å². The van der Waals surface area contributed by atoms with Gasteiger partial charge < -0.3 is 20.9 Å². The first-order valence-electron chi connectivity index (χ1n) is 6.08. The number of hydrogen-bond donors (Lipinski definition) is 3. The third kappa shape index (κ3) is 4.04. The van der Waals surface area contributed by atoms with Crippen molar-refractivity contribution < 1.29 is 19.4 Å². The molecule has 0 amide bonds. The minimum atomic E-state index is -0.660. The van der Waals surface area contributed by atoms with Crippen molar-refractivity contribution in [2.75, 3.05) is 13.2 Å². The predicted octanol–water partition coefficient (Wildman–Crippen LogP) is -0.805. The van der Waals surface area contributed by atoms with Crippen LogP contribution in [0.1, 0.15) is 27.2 Å². The first-order valence-corrected chi connectivity index (χ1v) is 6.08. The minimum absolute atomic E-state index is 0.297. The molecule has 1 aliphatic heterocycles. The molecule has 1 heterocycles. The average Bonchev–Trinajstić information content (AvgIpc) is 2.70. The fourth-order valence-electron chi connectivity index (χ4n) is 1.71. The van der Waals surface area contributed by atoms with E-state index >= 15 is 0 Å². The van der Waals surface area contributed by atoms with Gasteiger partial charge in [0, 0.05) is 13.0 Å². The van der Waals surface area contributed by atoms with Gasteiger partial charge in [0.15, 0.2) is 12.4 Å². The highest BCUT2D eigenvalue weighted by atomic mass is 16.5. The number of ether oxygens (including phenoxy) is 1. The van der Waals surface area contributed by atoms with E-state index in [0.717, 1.165) is 0 Å². The van der Waals surface area contributed by atoms with Gasteiger partial charge in [-0.2, -0.15) is 0 Å². The molecule has 18 heavy (non-hydrogen) atoms. The first-order chi connectivity index (χ1) is 8.21. The normalized spacial score (nSPS) is 25.8. The number of carbonyl (C=O) groups excluding carboxylic acids is 2. The first kappa shape index (κ1) is 15.1. The van der Waals surface area contributed by atoms with Gasteiger partial charge in [-0.25, -0.2) is 0 Å². The Hall–Kier alpha value is -0.980. The Morgan fingerprint density at radius 1 is 1.50 bits per heavy atom. The number of ketones is 1. The van der Waals surface area contributed by atoms with Crippen molar-refractivity contribution in [1.82, 2.24) is 5.32 Å². The number of rotatable bonds is 4. The quantitative estimate of drug-likeness (QED) is 0.570. The van der Waals surface area contributed by atoms with Crippen molar-refractivity contribution in [2.45, 2.75) is 45.4 Å². The third-order valence-corrected chi connectivity index (χ3v) is 3.03. The van der Waals surface area contributed by atoms with Crippen molar-refractivity contribution in [3.05, 3.63) is 0 Å². The van der Waals surface area contributed by atoms with E-state index in [1.807, 2.05) is 20.8 Å². The van der Waals surface area contributed by atoms with Crippen LogP contribution >= 0.6 is 0 Å². The Bertz CT molecular complexity index is 325. The van der Waals surface area contributed by atoms with Crippen molar-refractivity contribution in [3.63, 3.8) is 0 Å². The predicted molar refractivity (Wildman–Crippen MR) is 65.8 cm³/mol. The average molecular weight is 258 g/mol. The fourth-order valence-corrected chi connectivity index (χ4v) is 1.71. The Kier molecular flexibility index (Phi) is 4.84. The van der Waals surface area contributed by atoms with Gasteiger partial charge in [-0.1, -0.05) is 20.8 Å². The molecule has 3 atom stereocenters. The molecule has 1 unspecified atom stereocenters. The molecule has 0 aromatic carbocycles. The molecule has 0 radical (unpaired) electrons. The van der Waals surface area contributed by atoms with Gasteiger partial charge in [-0.05, 0) is 5.41 Å². The standard InChI is InChI=1S/C12H22N2O4/c1-12(2,3)10(13)9(16)6-18-11(17)8-4-7(15)5-14-8/h7-8,10,14-15H,4-6,13H2,1-3H3/t7-,8+,10?/m1/s1. The third-order valence-electron chi connectivity index (χ3n) is 3.03. The van der Waals surface area contributed by atoms with Crippen LogP contribution in [0.2, 0.25) is 0 Å². The largest absolute Gasteiger partial charge is 0.456 e. The van der Waals surface area contributed by atoms with Gasteiger partial charge in [-0.3, -0.25) is 9.59 Å². The van der Waals surface area contributed by atoms with Gasteiger partial charge in [0.05, 0.1) is 12.1 Å². The molecule has 1 fully saturated rings. The summed E-state index contributed by atoms with van der Waals surface area (Å²) in [5.74, 6) is -0.810. The molecule has 0 aromatic rings. The van der Waals surface area contributed by atoms with Gasteiger partial charge in [0.25, 0.3) is 0 Å². The number of esters is 1. The topological polar surface area (TPSA) is 102 Å². The highest BCUT2D eigenvalue weighted by Crippen LogP contribution is 2.18. The lowest BCUT2D eigenvalue weighted by atomic mass is 9.85. The molecule has 104 valence electrons. The lowest BCUT2D eigenvalue weighted by molar-refractivity contribution is -0.150. The molecule has 1 aliphatic rings. The molecule has 6 nitrogen and oxygen atoms in total. The summed E-state index contributed by atoms with van der Waals surface area (Å²) in [5, 5.41) is 12.1. The lowest BCUT2D eigenvalue weighted by Crippen LogP contribution is -2.45. The second-order valence-electron chi connectivity index (χ2n) is 5.77. The number of nitrogens with two attached hydrogens (primary N) is 1. The molecule has 4 N–H and O–H groups in total. The SMILES string of the molecule is CC(C)(C)C(N)C(=O)COC(=O)[C@@H]1C[C@@H](O)CN1. The molecular weight excluding hydrogens is 236 g/mol. The van der Waals surface area contributed by atoms with E-state index in [4.69, 9.17) is 10.5 Å². The van der Waals surface area contributed by atoms with Crippen molar-refractivity contribution in [2.24, 2.45) is 11.1 Å². The summed E-state index contributed by atoms with van der Waals surface area (Å²) in [4.78, 5) is 23.3. The molecule has 0 aliphatic carbocycles. The molecule has 0 bridgehead atoms. The van der Waals surface area contributed by atoms with E-state index in [2.05, 4.69) is 5.32 Å². The summed E-state index contributed by atoms with van der Waals surface area (Å²) in [7, 11) is 0. The Labute approximate surface area is 107 Å². The number of aliphatic hydroxyl groups is 1. The van der Waals surface area contributed by atoms with E-state index < -0.39 is 24.2 Å². The Morgan fingerprint density at radius 2 is 2.11 bits per heavy atom. The summed E-state index contributed by atoms with van der Waals surface area (Å²) < 4.78 is 4.91. The van der Waals surface area contributed by atoms with Gasteiger partial charge in [-0.15, -0.1) is 0 Å². The lowest BCUT2D eigenvalue weighted by Gasteiger charge is -2.25. The monoisotopic (exact) mass is 258 g/mol. The summed E-state index contributed by atoms with van der Waals surface area (Å²) in [5.41, 5.74) is 5.40. The van der Waals surface area contributed by atoms with E-state index in [1.165, 1.54) is 0 Å². The van der Waals surface area contributed by atoms with E-state index in [0.29, 0.717) is 13.0 Å². The van der Waals surface area contributed by atoms with Crippen molar-refractivity contribution in [3.8, 4) is 0 Å². The Morgan fingerprint density at radius 3 is 2.56 bits per heavy atom.